The highest BCUT2D eigenvalue weighted by Crippen LogP contribution is 2.30. The minimum absolute atomic E-state index is 0.113. The molecule has 0 saturated carbocycles. The number of nitrogens with zero attached hydrogens (tertiary/aromatic N) is 5. The van der Waals surface area contributed by atoms with Crippen LogP contribution in [0.2, 0.25) is 0 Å². The number of benzene rings is 1. The number of pyridine rings is 1. The van der Waals surface area contributed by atoms with Gasteiger partial charge in [0.15, 0.2) is 0 Å². The van der Waals surface area contributed by atoms with Gasteiger partial charge in [0.05, 0.1) is 16.7 Å². The SMILES string of the molecule is O=C(c1ccc2nccnc2c1)N1C[C@@H]2CC[C@H]1CN(Cc1ccccn1)C2. The van der Waals surface area contributed by atoms with Gasteiger partial charge < -0.3 is 4.90 Å². The van der Waals surface area contributed by atoms with Crippen molar-refractivity contribution in [3.63, 3.8) is 0 Å². The zero-order chi connectivity index (χ0) is 18.9. The molecule has 0 aliphatic carbocycles. The summed E-state index contributed by atoms with van der Waals surface area (Å²) < 4.78 is 0. The maximum atomic E-state index is 13.3. The van der Waals surface area contributed by atoms with Crippen LogP contribution in [0.25, 0.3) is 11.0 Å². The summed E-state index contributed by atoms with van der Waals surface area (Å²) in [6.45, 7) is 3.62. The molecule has 28 heavy (non-hydrogen) atoms. The van der Waals surface area contributed by atoms with Crippen LogP contribution in [0, 0.1) is 5.92 Å². The standard InChI is InChI=1S/C22H23N5O/c28-22(17-5-7-20-21(11-17)25-10-9-24-20)27-13-16-4-6-19(27)15-26(12-16)14-18-3-1-2-8-23-18/h1-3,5,7-11,16,19H,4,6,12-15H2/t16-,19+/m1/s1. The number of hydrogen-bond acceptors (Lipinski definition) is 5. The smallest absolute Gasteiger partial charge is 0.254 e. The second-order valence-corrected chi connectivity index (χ2v) is 7.83. The molecular weight excluding hydrogens is 350 g/mol. The highest BCUT2D eigenvalue weighted by molar-refractivity contribution is 5.97. The number of amides is 1. The normalized spacial score (nSPS) is 22.4. The molecule has 3 saturated heterocycles. The first kappa shape index (κ1) is 17.3. The molecule has 1 aromatic carbocycles. The average molecular weight is 373 g/mol. The first-order valence-corrected chi connectivity index (χ1v) is 9.90. The molecule has 142 valence electrons. The number of aromatic nitrogens is 3. The molecule has 0 unspecified atom stereocenters. The van der Waals surface area contributed by atoms with Gasteiger partial charge in [0, 0.05) is 56.4 Å². The van der Waals surface area contributed by atoms with Crippen molar-refractivity contribution in [2.75, 3.05) is 19.6 Å². The van der Waals surface area contributed by atoms with E-state index in [4.69, 9.17) is 0 Å². The summed E-state index contributed by atoms with van der Waals surface area (Å²) in [6, 6.07) is 12.0. The second-order valence-electron chi connectivity index (χ2n) is 7.83. The van der Waals surface area contributed by atoms with Crippen LogP contribution in [-0.2, 0) is 6.54 Å². The van der Waals surface area contributed by atoms with Gasteiger partial charge in [-0.15, -0.1) is 0 Å². The Balaban J connectivity index is 1.36. The van der Waals surface area contributed by atoms with E-state index in [1.165, 1.54) is 6.42 Å². The van der Waals surface area contributed by atoms with Crippen LogP contribution in [-0.4, -0.2) is 56.3 Å². The highest BCUT2D eigenvalue weighted by Gasteiger charge is 2.37. The van der Waals surface area contributed by atoms with E-state index >= 15 is 0 Å². The Morgan fingerprint density at radius 3 is 2.68 bits per heavy atom. The summed E-state index contributed by atoms with van der Waals surface area (Å²) in [5, 5.41) is 0. The van der Waals surface area contributed by atoms with Crippen LogP contribution in [0.4, 0.5) is 0 Å². The molecule has 2 atom stereocenters. The van der Waals surface area contributed by atoms with E-state index in [9.17, 15) is 4.79 Å². The lowest BCUT2D eigenvalue weighted by molar-refractivity contribution is 0.0585. The maximum Gasteiger partial charge on any atom is 0.254 e. The monoisotopic (exact) mass is 373 g/mol. The van der Waals surface area contributed by atoms with Gasteiger partial charge in [-0.2, -0.15) is 0 Å². The van der Waals surface area contributed by atoms with Crippen LogP contribution >= 0.6 is 0 Å². The third-order valence-corrected chi connectivity index (χ3v) is 5.88. The molecular formula is C22H23N5O. The molecule has 0 spiro atoms. The third-order valence-electron chi connectivity index (χ3n) is 5.88. The van der Waals surface area contributed by atoms with Crippen molar-refractivity contribution in [1.82, 2.24) is 24.8 Å². The fraction of sp³-hybridized carbons (Fsp3) is 0.364. The maximum absolute atomic E-state index is 13.3. The summed E-state index contributed by atoms with van der Waals surface area (Å²) in [7, 11) is 0. The summed E-state index contributed by atoms with van der Waals surface area (Å²) in [4.78, 5) is 31.0. The number of carbonyl (C=O) groups is 1. The van der Waals surface area contributed by atoms with Gasteiger partial charge in [0.1, 0.15) is 0 Å². The molecule has 3 fully saturated rings. The van der Waals surface area contributed by atoms with Crippen LogP contribution < -0.4 is 0 Å². The third kappa shape index (κ3) is 3.36. The fourth-order valence-corrected chi connectivity index (χ4v) is 4.54. The number of fused-ring (bicyclic) bond motifs is 5. The Kier molecular flexibility index (Phi) is 4.49. The molecule has 3 aliphatic heterocycles. The molecule has 0 N–H and O–H groups in total. The molecule has 5 heterocycles. The van der Waals surface area contributed by atoms with Gasteiger partial charge in [-0.3, -0.25) is 24.6 Å². The Hall–Kier alpha value is -2.86. The van der Waals surface area contributed by atoms with E-state index in [0.29, 0.717) is 11.5 Å². The fourth-order valence-electron chi connectivity index (χ4n) is 4.54. The Morgan fingerprint density at radius 2 is 1.82 bits per heavy atom. The van der Waals surface area contributed by atoms with Gasteiger partial charge in [-0.1, -0.05) is 6.07 Å². The van der Waals surface area contributed by atoms with Crippen molar-refractivity contribution >= 4 is 16.9 Å². The number of rotatable bonds is 3. The summed E-state index contributed by atoms with van der Waals surface area (Å²) >= 11 is 0. The van der Waals surface area contributed by atoms with Gasteiger partial charge in [0.25, 0.3) is 5.91 Å². The number of carbonyl (C=O) groups excluding carboxylic acids is 1. The number of piperidine rings is 1. The lowest BCUT2D eigenvalue weighted by Crippen LogP contribution is -2.47. The van der Waals surface area contributed by atoms with E-state index in [2.05, 4.69) is 30.8 Å². The van der Waals surface area contributed by atoms with E-state index < -0.39 is 0 Å². The molecule has 1 amide bonds. The first-order valence-electron chi connectivity index (χ1n) is 9.90. The zero-order valence-electron chi connectivity index (χ0n) is 15.7. The first-order chi connectivity index (χ1) is 13.8. The number of hydrogen-bond donors (Lipinski definition) is 0. The molecule has 6 heteroatoms. The summed E-state index contributed by atoms with van der Waals surface area (Å²) in [5.74, 6) is 0.633. The predicted molar refractivity (Wildman–Crippen MR) is 107 cm³/mol. The zero-order valence-corrected chi connectivity index (χ0v) is 15.7. The van der Waals surface area contributed by atoms with E-state index in [0.717, 1.165) is 49.3 Å². The minimum atomic E-state index is 0.113. The average Bonchev–Trinajstić information content (AvgIpc) is 3.04. The molecule has 3 aromatic rings. The largest absolute Gasteiger partial charge is 0.334 e. The van der Waals surface area contributed by atoms with Crippen LogP contribution in [0.3, 0.4) is 0 Å². The van der Waals surface area contributed by atoms with Gasteiger partial charge in [-0.25, -0.2) is 0 Å². The minimum Gasteiger partial charge on any atom is -0.334 e. The molecule has 3 aliphatic rings. The molecule has 2 aromatic heterocycles. The Morgan fingerprint density at radius 1 is 0.929 bits per heavy atom. The Bertz CT molecular complexity index is 992. The van der Waals surface area contributed by atoms with E-state index in [1.807, 2.05) is 36.5 Å². The highest BCUT2D eigenvalue weighted by atomic mass is 16.2. The Labute approximate surface area is 164 Å². The molecule has 6 rings (SSSR count). The van der Waals surface area contributed by atoms with Gasteiger partial charge in [0.2, 0.25) is 0 Å². The van der Waals surface area contributed by atoms with Crippen molar-refractivity contribution in [2.24, 2.45) is 5.92 Å². The lowest BCUT2D eigenvalue weighted by Gasteiger charge is -2.36. The summed E-state index contributed by atoms with van der Waals surface area (Å²) in [6.07, 6.45) is 7.45. The van der Waals surface area contributed by atoms with Crippen LogP contribution in [0.5, 0.6) is 0 Å². The van der Waals surface area contributed by atoms with Crippen molar-refractivity contribution < 1.29 is 4.79 Å². The van der Waals surface area contributed by atoms with Crippen molar-refractivity contribution in [2.45, 2.75) is 25.4 Å². The van der Waals surface area contributed by atoms with Crippen molar-refractivity contribution in [3.8, 4) is 0 Å². The topological polar surface area (TPSA) is 62.2 Å². The van der Waals surface area contributed by atoms with Crippen LogP contribution in [0.1, 0.15) is 28.9 Å². The summed E-state index contributed by atoms with van der Waals surface area (Å²) in [5.41, 5.74) is 3.38. The lowest BCUT2D eigenvalue weighted by atomic mass is 9.94. The van der Waals surface area contributed by atoms with E-state index in [-0.39, 0.29) is 11.9 Å². The van der Waals surface area contributed by atoms with Gasteiger partial charge in [-0.05, 0) is 49.1 Å². The van der Waals surface area contributed by atoms with Crippen LogP contribution in [0.15, 0.2) is 55.0 Å². The molecule has 2 bridgehead atoms. The molecule has 6 nitrogen and oxygen atoms in total. The van der Waals surface area contributed by atoms with Crippen molar-refractivity contribution in [1.29, 1.82) is 0 Å². The predicted octanol–water partition coefficient (Wildman–Crippen LogP) is 2.76. The van der Waals surface area contributed by atoms with Gasteiger partial charge >= 0.3 is 0 Å². The van der Waals surface area contributed by atoms with E-state index in [1.54, 1.807) is 12.4 Å². The quantitative estimate of drug-likeness (QED) is 0.706. The second kappa shape index (κ2) is 7.28. The van der Waals surface area contributed by atoms with Crippen molar-refractivity contribution in [3.05, 3.63) is 66.2 Å². The molecule has 0 radical (unpaired) electrons.